The van der Waals surface area contributed by atoms with Crippen LogP contribution in [0.25, 0.3) is 0 Å². The van der Waals surface area contributed by atoms with E-state index in [2.05, 4.69) is 5.32 Å². The number of nitrogens with one attached hydrogen (secondary N) is 1. The van der Waals surface area contributed by atoms with Gasteiger partial charge in [-0.1, -0.05) is 27.7 Å². The second-order valence-corrected chi connectivity index (χ2v) is 16.5. The Morgan fingerprint density at radius 2 is 1.76 bits per heavy atom. The number of likely N-dealkylation sites (tertiary alicyclic amines) is 1. The summed E-state index contributed by atoms with van der Waals surface area (Å²) in [6, 6.07) is 4.99. The Balaban J connectivity index is 1.65. The molecule has 3 aliphatic rings. The zero-order chi connectivity index (χ0) is 37.1. The number of piperidine rings is 1. The number of ether oxygens (including phenoxy) is 3. The van der Waals surface area contributed by atoms with Crippen molar-refractivity contribution in [2.75, 3.05) is 43.2 Å². The lowest BCUT2D eigenvalue weighted by molar-refractivity contribution is -0.133. The van der Waals surface area contributed by atoms with Crippen molar-refractivity contribution in [3.8, 4) is 5.75 Å². The molecule has 280 valence electrons. The van der Waals surface area contributed by atoms with E-state index < -0.39 is 41.3 Å². The van der Waals surface area contributed by atoms with Gasteiger partial charge < -0.3 is 39.3 Å². The summed E-state index contributed by atoms with van der Waals surface area (Å²) in [4.78, 5) is 60.5. The molecule has 1 aromatic carbocycles. The summed E-state index contributed by atoms with van der Waals surface area (Å²) in [5, 5.41) is 14.0. The van der Waals surface area contributed by atoms with E-state index in [0.29, 0.717) is 43.1 Å². The van der Waals surface area contributed by atoms with E-state index in [0.717, 1.165) is 12.8 Å². The summed E-state index contributed by atoms with van der Waals surface area (Å²) in [7, 11) is 1.62. The number of hydrogen-bond donors (Lipinski definition) is 2. The van der Waals surface area contributed by atoms with E-state index in [1.165, 1.54) is 4.90 Å². The van der Waals surface area contributed by atoms with Crippen molar-refractivity contribution in [1.29, 1.82) is 0 Å². The first kappa shape index (κ1) is 39.4. The van der Waals surface area contributed by atoms with Crippen LogP contribution in [-0.4, -0.2) is 96.6 Å². The number of aliphatic hydroxyl groups excluding tert-OH is 1. The van der Waals surface area contributed by atoms with Gasteiger partial charge in [-0.3, -0.25) is 14.4 Å². The maximum absolute atomic E-state index is 14.6. The zero-order valence-electron chi connectivity index (χ0n) is 31.8. The van der Waals surface area contributed by atoms with Crippen molar-refractivity contribution in [1.82, 2.24) is 10.2 Å². The standard InChI is InChI=1S/C38H60N4O8/c1-23(2)18-29(32(43)24(3)4)39-33(44)25-19-26(22-40(21-25)36(47)50-37(5,6)7)34(45)42(27-12-13-27)28-14-15-31-30(20-28)41(16-11-17-48-10)35(46)38(8,9)49-31/h14-15,20,23-27,29,32,43H,11-13,16-19,21-22H2,1-10H3,(H,39,44)/t25-,26+,29+,32?/m0/s1. The molecule has 0 aromatic heterocycles. The second kappa shape index (κ2) is 15.9. The van der Waals surface area contributed by atoms with Gasteiger partial charge in [0.15, 0.2) is 5.60 Å². The van der Waals surface area contributed by atoms with Gasteiger partial charge in [-0.05, 0) is 96.8 Å². The summed E-state index contributed by atoms with van der Waals surface area (Å²) in [6.07, 6.45) is 1.78. The van der Waals surface area contributed by atoms with Gasteiger partial charge in [0, 0.05) is 45.1 Å². The Bertz CT molecular complexity index is 1390. The molecule has 1 saturated carbocycles. The number of carbonyl (C=O) groups excluding carboxylic acids is 4. The smallest absolute Gasteiger partial charge is 0.410 e. The number of fused-ring (bicyclic) bond motifs is 1. The molecule has 1 aromatic rings. The molecular formula is C38H60N4O8. The van der Waals surface area contributed by atoms with Gasteiger partial charge in [-0.2, -0.15) is 0 Å². The second-order valence-electron chi connectivity index (χ2n) is 16.5. The number of benzene rings is 1. The third-order valence-corrected chi connectivity index (χ3v) is 9.49. The summed E-state index contributed by atoms with van der Waals surface area (Å²) < 4.78 is 17.1. The number of anilines is 2. The number of hydrogen-bond acceptors (Lipinski definition) is 8. The van der Waals surface area contributed by atoms with E-state index in [9.17, 15) is 24.3 Å². The van der Waals surface area contributed by atoms with Gasteiger partial charge in [0.1, 0.15) is 11.4 Å². The first-order valence-corrected chi connectivity index (χ1v) is 18.3. The molecule has 0 bridgehead atoms. The van der Waals surface area contributed by atoms with Gasteiger partial charge in [0.05, 0.1) is 29.7 Å². The highest BCUT2D eigenvalue weighted by molar-refractivity contribution is 6.04. The van der Waals surface area contributed by atoms with Crippen LogP contribution in [0.15, 0.2) is 18.2 Å². The molecule has 4 amide bonds. The Hall–Kier alpha value is -3.38. The fraction of sp³-hybridized carbons (Fsp3) is 0.737. The minimum Gasteiger partial charge on any atom is -0.476 e. The fourth-order valence-electron chi connectivity index (χ4n) is 6.84. The molecule has 2 heterocycles. The first-order valence-electron chi connectivity index (χ1n) is 18.3. The minimum absolute atomic E-state index is 0.0417. The third-order valence-electron chi connectivity index (χ3n) is 9.49. The lowest BCUT2D eigenvalue weighted by Gasteiger charge is -2.41. The predicted octanol–water partition coefficient (Wildman–Crippen LogP) is 5.14. The van der Waals surface area contributed by atoms with Gasteiger partial charge in [0.25, 0.3) is 5.91 Å². The fourth-order valence-corrected chi connectivity index (χ4v) is 6.84. The van der Waals surface area contributed by atoms with Gasteiger partial charge in [-0.25, -0.2) is 4.79 Å². The maximum atomic E-state index is 14.6. The number of carbonyl (C=O) groups is 4. The quantitative estimate of drug-likeness (QED) is 0.270. The van der Waals surface area contributed by atoms with E-state index >= 15 is 0 Å². The molecule has 12 nitrogen and oxygen atoms in total. The van der Waals surface area contributed by atoms with Gasteiger partial charge in [-0.15, -0.1) is 0 Å². The Morgan fingerprint density at radius 1 is 1.10 bits per heavy atom. The van der Waals surface area contributed by atoms with E-state index in [1.54, 1.807) is 51.5 Å². The summed E-state index contributed by atoms with van der Waals surface area (Å²) >= 11 is 0. The van der Waals surface area contributed by atoms with Crippen molar-refractivity contribution in [3.63, 3.8) is 0 Å². The molecule has 0 spiro atoms. The summed E-state index contributed by atoms with van der Waals surface area (Å²) in [6.45, 7) is 17.9. The topological polar surface area (TPSA) is 138 Å². The van der Waals surface area contributed by atoms with E-state index in [1.807, 2.05) is 45.9 Å². The molecule has 1 saturated heterocycles. The highest BCUT2D eigenvalue weighted by Gasteiger charge is 2.45. The number of methoxy groups -OCH3 is 1. The number of amides is 4. The lowest BCUT2D eigenvalue weighted by Crippen LogP contribution is -2.56. The molecule has 2 fully saturated rings. The largest absolute Gasteiger partial charge is 0.476 e. The highest BCUT2D eigenvalue weighted by atomic mass is 16.6. The average molecular weight is 701 g/mol. The molecular weight excluding hydrogens is 640 g/mol. The molecule has 1 unspecified atom stereocenters. The number of nitrogens with zero attached hydrogens (tertiary/aromatic N) is 3. The van der Waals surface area contributed by atoms with Crippen LogP contribution >= 0.6 is 0 Å². The van der Waals surface area contributed by atoms with Crippen LogP contribution in [0.4, 0.5) is 16.2 Å². The molecule has 2 N–H and O–H groups in total. The first-order chi connectivity index (χ1) is 23.3. The molecule has 0 radical (unpaired) electrons. The van der Waals surface area contributed by atoms with Gasteiger partial charge >= 0.3 is 6.09 Å². The van der Waals surface area contributed by atoms with Crippen LogP contribution in [0, 0.1) is 23.7 Å². The number of aliphatic hydroxyl groups is 1. The van der Waals surface area contributed by atoms with Gasteiger partial charge in [0.2, 0.25) is 11.8 Å². The molecule has 4 atom stereocenters. The Morgan fingerprint density at radius 3 is 2.34 bits per heavy atom. The van der Waals surface area contributed by atoms with Crippen molar-refractivity contribution in [3.05, 3.63) is 18.2 Å². The monoisotopic (exact) mass is 700 g/mol. The van der Waals surface area contributed by atoms with E-state index in [-0.39, 0.29) is 55.1 Å². The Labute approximate surface area is 298 Å². The van der Waals surface area contributed by atoms with Crippen molar-refractivity contribution >= 4 is 35.2 Å². The third kappa shape index (κ3) is 9.69. The highest BCUT2D eigenvalue weighted by Crippen LogP contribution is 2.43. The molecule has 50 heavy (non-hydrogen) atoms. The van der Waals surface area contributed by atoms with Crippen LogP contribution in [0.5, 0.6) is 5.75 Å². The van der Waals surface area contributed by atoms with Crippen molar-refractivity contribution in [2.45, 2.75) is 124 Å². The molecule has 12 heteroatoms. The molecule has 4 rings (SSSR count). The van der Waals surface area contributed by atoms with E-state index in [4.69, 9.17) is 14.2 Å². The van der Waals surface area contributed by atoms with Crippen LogP contribution in [0.1, 0.15) is 94.4 Å². The van der Waals surface area contributed by atoms with Crippen LogP contribution in [0.2, 0.25) is 0 Å². The minimum atomic E-state index is -1.05. The summed E-state index contributed by atoms with van der Waals surface area (Å²) in [5.74, 6) is -1.29. The SMILES string of the molecule is COCCCN1C(=O)C(C)(C)Oc2ccc(N(C(=O)[C@@H]3C[C@H](C(=O)N[C@H](CC(C)C)C(O)C(C)C)CN(C(=O)OC(C)(C)C)C3)C3CC3)cc21. The van der Waals surface area contributed by atoms with Crippen LogP contribution in [0.3, 0.4) is 0 Å². The van der Waals surface area contributed by atoms with Crippen LogP contribution in [-0.2, 0) is 23.9 Å². The average Bonchev–Trinajstić information content (AvgIpc) is 3.86. The lowest BCUT2D eigenvalue weighted by atomic mass is 9.86. The zero-order valence-corrected chi connectivity index (χ0v) is 31.8. The maximum Gasteiger partial charge on any atom is 0.410 e. The normalized spacial score (nSPS) is 21.7. The Kier molecular flexibility index (Phi) is 12.5. The molecule has 1 aliphatic carbocycles. The number of rotatable bonds is 13. The van der Waals surface area contributed by atoms with Crippen molar-refractivity contribution in [2.24, 2.45) is 23.7 Å². The van der Waals surface area contributed by atoms with Crippen molar-refractivity contribution < 1.29 is 38.5 Å². The summed E-state index contributed by atoms with van der Waals surface area (Å²) in [5.41, 5.74) is -0.577. The molecule has 2 aliphatic heterocycles. The predicted molar refractivity (Wildman–Crippen MR) is 192 cm³/mol. The van der Waals surface area contributed by atoms with Crippen LogP contribution < -0.4 is 19.9 Å².